The molecule has 0 aromatic carbocycles. The Kier molecular flexibility index (Phi) is 3.20. The van der Waals surface area contributed by atoms with Crippen LogP contribution >= 0.6 is 0 Å². The highest BCUT2D eigenvalue weighted by atomic mass is 32.2. The molecule has 0 heterocycles. The maximum absolute atomic E-state index is 11.2. The zero-order chi connectivity index (χ0) is 11.9. The van der Waals surface area contributed by atoms with Crippen LogP contribution in [0.15, 0.2) is 0 Å². The van der Waals surface area contributed by atoms with Gasteiger partial charge in [0.2, 0.25) is 0 Å². The molecule has 90 valence electrons. The van der Waals surface area contributed by atoms with E-state index in [4.69, 9.17) is 4.55 Å². The van der Waals surface area contributed by atoms with Gasteiger partial charge in [0.1, 0.15) is 0 Å². The van der Waals surface area contributed by atoms with E-state index >= 15 is 0 Å². The predicted molar refractivity (Wildman–Crippen MR) is 60.0 cm³/mol. The third-order valence-corrected chi connectivity index (χ3v) is 5.31. The highest BCUT2D eigenvalue weighted by Gasteiger charge is 2.49. The average Bonchev–Trinajstić information content (AvgIpc) is 2.07. The van der Waals surface area contributed by atoms with Crippen molar-refractivity contribution in [3.8, 4) is 0 Å². The Labute approximate surface area is 92.5 Å². The molecule has 1 rings (SSSR count). The Balaban J connectivity index is 3.08. The fourth-order valence-electron chi connectivity index (χ4n) is 2.48. The number of hydrogen-bond acceptors (Lipinski definition) is 2. The maximum Gasteiger partial charge on any atom is 0.336 e. The molecule has 0 saturated heterocycles. The molecule has 0 spiro atoms. The maximum atomic E-state index is 11.2. The normalized spacial score (nSPS) is 31.9. The minimum atomic E-state index is -4.10. The largest absolute Gasteiger partial charge is 0.336 e. The first-order valence-electron chi connectivity index (χ1n) is 5.33. The van der Waals surface area contributed by atoms with E-state index < -0.39 is 15.8 Å². The monoisotopic (exact) mass is 235 g/mol. The lowest BCUT2D eigenvalue weighted by Crippen LogP contribution is -2.57. The predicted octanol–water partition coefficient (Wildman–Crippen LogP) is 2.08. The van der Waals surface area contributed by atoms with Gasteiger partial charge < -0.3 is 0 Å². The van der Waals surface area contributed by atoms with Crippen LogP contribution in [0.4, 0.5) is 0 Å². The van der Waals surface area contributed by atoms with E-state index in [1.165, 1.54) is 7.05 Å². The minimum Gasteiger partial charge on any atom is -0.273 e. The summed E-state index contributed by atoms with van der Waals surface area (Å²) in [6, 6.07) is 0. The van der Waals surface area contributed by atoms with Gasteiger partial charge >= 0.3 is 10.3 Å². The Bertz CT molecular complexity index is 337. The summed E-state index contributed by atoms with van der Waals surface area (Å²) in [5, 5.41) is 0. The summed E-state index contributed by atoms with van der Waals surface area (Å²) in [7, 11) is -2.64. The lowest BCUT2D eigenvalue weighted by atomic mass is 9.64. The topological polar surface area (TPSA) is 57.6 Å². The summed E-state index contributed by atoms with van der Waals surface area (Å²) in [4.78, 5) is 0. The van der Waals surface area contributed by atoms with Gasteiger partial charge in [-0.05, 0) is 25.2 Å². The van der Waals surface area contributed by atoms with Crippen molar-refractivity contribution >= 4 is 10.3 Å². The van der Waals surface area contributed by atoms with Crippen LogP contribution in [0.3, 0.4) is 0 Å². The van der Waals surface area contributed by atoms with Crippen LogP contribution in [0, 0.1) is 5.41 Å². The molecular weight excluding hydrogens is 214 g/mol. The van der Waals surface area contributed by atoms with Crippen molar-refractivity contribution in [2.45, 2.75) is 52.0 Å². The van der Waals surface area contributed by atoms with Crippen molar-refractivity contribution in [3.63, 3.8) is 0 Å². The van der Waals surface area contributed by atoms with Gasteiger partial charge in [0.15, 0.2) is 0 Å². The van der Waals surface area contributed by atoms with Crippen molar-refractivity contribution in [2.75, 3.05) is 7.05 Å². The number of rotatable bonds is 2. The molecule has 1 fully saturated rings. The highest BCUT2D eigenvalue weighted by Crippen LogP contribution is 2.47. The zero-order valence-corrected chi connectivity index (χ0v) is 10.8. The van der Waals surface area contributed by atoms with E-state index in [2.05, 4.69) is 13.8 Å². The molecule has 15 heavy (non-hydrogen) atoms. The number of nitrogens with zero attached hydrogens (tertiary/aromatic N) is 1. The van der Waals surface area contributed by atoms with Crippen LogP contribution in [0.2, 0.25) is 0 Å². The van der Waals surface area contributed by atoms with Gasteiger partial charge in [-0.3, -0.25) is 4.55 Å². The second-order valence-corrected chi connectivity index (χ2v) is 6.75. The fraction of sp³-hybridized carbons (Fsp3) is 1.00. The number of hydrogen-bond donors (Lipinski definition) is 1. The van der Waals surface area contributed by atoms with E-state index in [0.29, 0.717) is 0 Å². The summed E-state index contributed by atoms with van der Waals surface area (Å²) in [6.07, 6.45) is 3.93. The summed E-state index contributed by atoms with van der Waals surface area (Å²) in [5.74, 6) is 0. The van der Waals surface area contributed by atoms with Crippen LogP contribution in [0.1, 0.15) is 46.5 Å². The van der Waals surface area contributed by atoms with Crippen LogP contribution in [0.25, 0.3) is 0 Å². The van der Waals surface area contributed by atoms with E-state index in [1.54, 1.807) is 0 Å². The Morgan fingerprint density at radius 2 is 1.60 bits per heavy atom. The molecule has 0 amide bonds. The third kappa shape index (κ3) is 2.19. The van der Waals surface area contributed by atoms with E-state index in [-0.39, 0.29) is 5.41 Å². The van der Waals surface area contributed by atoms with Crippen molar-refractivity contribution < 1.29 is 13.0 Å². The summed E-state index contributed by atoms with van der Waals surface area (Å²) < 4.78 is 32.7. The average molecular weight is 235 g/mol. The van der Waals surface area contributed by atoms with Gasteiger partial charge in [-0.25, -0.2) is 0 Å². The minimum absolute atomic E-state index is 0.101. The molecule has 0 bridgehead atoms. The van der Waals surface area contributed by atoms with Crippen LogP contribution in [-0.4, -0.2) is 29.9 Å². The second-order valence-electron chi connectivity index (χ2n) is 5.31. The van der Waals surface area contributed by atoms with Gasteiger partial charge in [0.05, 0.1) is 0 Å². The fourth-order valence-corrected chi connectivity index (χ4v) is 3.33. The molecule has 5 heteroatoms. The van der Waals surface area contributed by atoms with Gasteiger partial charge in [0.25, 0.3) is 0 Å². The molecule has 1 aliphatic carbocycles. The summed E-state index contributed by atoms with van der Waals surface area (Å²) >= 11 is 0. The molecule has 0 aromatic heterocycles. The molecule has 4 nitrogen and oxygen atoms in total. The standard InChI is InChI=1S/C10H21NO3S/c1-9(2)7-5-6-8-10(9,3)11(4)15(12,13)14/h5-8H2,1-4H3,(H,12,13,14). The molecule has 0 aromatic rings. The summed E-state index contributed by atoms with van der Waals surface area (Å²) in [5.41, 5.74) is -0.589. The lowest BCUT2D eigenvalue weighted by Gasteiger charge is -2.51. The van der Waals surface area contributed by atoms with Crippen LogP contribution in [-0.2, 0) is 10.3 Å². The van der Waals surface area contributed by atoms with Crippen molar-refractivity contribution in [1.29, 1.82) is 0 Å². The first-order valence-corrected chi connectivity index (χ1v) is 6.72. The van der Waals surface area contributed by atoms with Crippen molar-refractivity contribution in [1.82, 2.24) is 4.31 Å². The highest BCUT2D eigenvalue weighted by molar-refractivity contribution is 7.83. The SMILES string of the molecule is CN(C1(C)CCCCC1(C)C)S(=O)(=O)O. The quantitative estimate of drug-likeness (QED) is 0.745. The van der Waals surface area contributed by atoms with E-state index in [9.17, 15) is 8.42 Å². The van der Waals surface area contributed by atoms with Crippen molar-refractivity contribution in [3.05, 3.63) is 0 Å². The first-order chi connectivity index (χ1) is 6.61. The van der Waals surface area contributed by atoms with Gasteiger partial charge in [-0.2, -0.15) is 12.7 Å². The smallest absolute Gasteiger partial charge is 0.273 e. The molecule has 1 unspecified atom stereocenters. The second kappa shape index (κ2) is 3.71. The molecular formula is C10H21NO3S. The van der Waals surface area contributed by atoms with Crippen molar-refractivity contribution in [2.24, 2.45) is 5.41 Å². The molecule has 1 saturated carbocycles. The van der Waals surface area contributed by atoms with Gasteiger partial charge in [0, 0.05) is 12.6 Å². The molecule has 0 radical (unpaired) electrons. The van der Waals surface area contributed by atoms with Crippen LogP contribution < -0.4 is 0 Å². The molecule has 1 aliphatic rings. The zero-order valence-electron chi connectivity index (χ0n) is 9.95. The Morgan fingerprint density at radius 3 is 2.00 bits per heavy atom. The molecule has 1 atom stereocenters. The molecule has 0 aliphatic heterocycles. The lowest BCUT2D eigenvalue weighted by molar-refractivity contribution is 0.0223. The Morgan fingerprint density at radius 1 is 1.13 bits per heavy atom. The Hall–Kier alpha value is -0.130. The van der Waals surface area contributed by atoms with E-state index in [0.717, 1.165) is 30.0 Å². The summed E-state index contributed by atoms with van der Waals surface area (Å²) in [6.45, 7) is 6.04. The van der Waals surface area contributed by atoms with Gasteiger partial charge in [-0.1, -0.05) is 26.7 Å². The van der Waals surface area contributed by atoms with Crippen LogP contribution in [0.5, 0.6) is 0 Å². The first kappa shape index (κ1) is 12.9. The van der Waals surface area contributed by atoms with E-state index in [1.807, 2.05) is 6.92 Å². The van der Waals surface area contributed by atoms with Gasteiger partial charge in [-0.15, -0.1) is 0 Å². The molecule has 1 N–H and O–H groups in total. The third-order valence-electron chi connectivity index (χ3n) is 4.21.